The molecule has 0 aromatic rings. The van der Waals surface area contributed by atoms with E-state index < -0.39 is 39.1 Å². The molecule has 0 aliphatic heterocycles. The number of rotatable bonds is 18. The fraction of sp³-hybridized carbons (Fsp3) is 0.571. The van der Waals surface area contributed by atoms with Crippen LogP contribution in [-0.4, -0.2) is 31.3 Å². The molecule has 0 radical (unpaired) electrons. The maximum Gasteiger partial charge on any atom is 1.00 e. The molecule has 0 aromatic heterocycles. The number of carbonyl (C=O) groups is 2. The standard InChI is InChI=1S/C28H35O8P.2Na/c1-3-5-7-9-11-13-14-15-17-19-21-23-28(30)36-26(25-35-37(31,32)33)24-34-27(29)22-20-18-16-12-10-8-6-4-2;;/h2,26H,3,5,7,9,11,13-15,17,19,21,23-25H2,1H3,(H2,31,32,33);;/q;2*+1/p-2/t26-;;/m0../s1. The van der Waals surface area contributed by atoms with Gasteiger partial charge >= 0.3 is 71.1 Å². The molecule has 200 valence electrons. The van der Waals surface area contributed by atoms with Gasteiger partial charge in [-0.3, -0.25) is 4.79 Å². The molecule has 0 unspecified atom stereocenters. The van der Waals surface area contributed by atoms with E-state index in [4.69, 9.17) is 15.9 Å². The van der Waals surface area contributed by atoms with Gasteiger partial charge in [-0.25, -0.2) is 4.79 Å². The summed E-state index contributed by atoms with van der Waals surface area (Å²) in [6.07, 6.45) is 16.1. The Morgan fingerprint density at radius 1 is 0.769 bits per heavy atom. The van der Waals surface area contributed by atoms with E-state index in [1.165, 1.54) is 44.9 Å². The van der Waals surface area contributed by atoms with Crippen LogP contribution in [0.2, 0.25) is 0 Å². The summed E-state index contributed by atoms with van der Waals surface area (Å²) >= 11 is 0. The number of phosphoric acid groups is 1. The fourth-order valence-corrected chi connectivity index (χ4v) is 3.30. The molecule has 1 atom stereocenters. The number of terminal acetylenes is 1. The summed E-state index contributed by atoms with van der Waals surface area (Å²) < 4.78 is 24.9. The molecule has 39 heavy (non-hydrogen) atoms. The molecule has 8 nitrogen and oxygen atoms in total. The molecule has 0 fully saturated rings. The first-order chi connectivity index (χ1) is 17.8. The number of phosphoric ester groups is 1. The van der Waals surface area contributed by atoms with Crippen molar-refractivity contribution >= 4 is 19.8 Å². The molecule has 11 heteroatoms. The molecule has 0 aliphatic carbocycles. The van der Waals surface area contributed by atoms with Crippen molar-refractivity contribution in [2.45, 2.75) is 90.1 Å². The minimum absolute atomic E-state index is 0. The van der Waals surface area contributed by atoms with Crippen LogP contribution < -0.4 is 68.9 Å². The average Bonchev–Trinajstić information content (AvgIpc) is 2.85. The van der Waals surface area contributed by atoms with E-state index in [9.17, 15) is 23.9 Å². The molecule has 0 amide bonds. The Balaban J connectivity index is -0.00000648. The summed E-state index contributed by atoms with van der Waals surface area (Å²) in [5, 5.41) is 0. The zero-order chi connectivity index (χ0) is 27.6. The summed E-state index contributed by atoms with van der Waals surface area (Å²) in [7, 11) is -5.31. The van der Waals surface area contributed by atoms with Gasteiger partial charge in [0.2, 0.25) is 0 Å². The van der Waals surface area contributed by atoms with E-state index in [0.29, 0.717) is 6.42 Å². The fourth-order valence-electron chi connectivity index (χ4n) is 2.95. The Morgan fingerprint density at radius 3 is 1.77 bits per heavy atom. The minimum atomic E-state index is -5.31. The third-order valence-corrected chi connectivity index (χ3v) is 5.18. The molecule has 0 spiro atoms. The van der Waals surface area contributed by atoms with Crippen molar-refractivity contribution in [3.05, 3.63) is 0 Å². The van der Waals surface area contributed by atoms with Gasteiger partial charge in [-0.05, 0) is 53.8 Å². The summed E-state index contributed by atoms with van der Waals surface area (Å²) in [6.45, 7) is 0.875. The molecular formula is C28H33Na2O8P. The Bertz CT molecular complexity index is 1030. The predicted molar refractivity (Wildman–Crippen MR) is 135 cm³/mol. The first-order valence-corrected chi connectivity index (χ1v) is 13.7. The second-order valence-corrected chi connectivity index (χ2v) is 9.04. The van der Waals surface area contributed by atoms with Crippen molar-refractivity contribution < 1.29 is 97.1 Å². The summed E-state index contributed by atoms with van der Waals surface area (Å²) in [5.41, 5.74) is 0. The molecule has 0 saturated carbocycles. The smallest absolute Gasteiger partial charge is 0.790 e. The van der Waals surface area contributed by atoms with Crippen LogP contribution >= 0.6 is 7.82 Å². The van der Waals surface area contributed by atoms with Gasteiger partial charge in [0.15, 0.2) is 6.10 Å². The van der Waals surface area contributed by atoms with Crippen LogP contribution in [0, 0.1) is 59.7 Å². The first kappa shape index (κ1) is 42.3. The second-order valence-electron chi connectivity index (χ2n) is 7.88. The number of hydrogen-bond acceptors (Lipinski definition) is 8. The third-order valence-electron chi connectivity index (χ3n) is 4.71. The zero-order valence-corrected chi connectivity index (χ0v) is 28.2. The van der Waals surface area contributed by atoms with Gasteiger partial charge in [0.1, 0.15) is 6.61 Å². The molecular weight excluding hydrogens is 541 g/mol. The van der Waals surface area contributed by atoms with E-state index >= 15 is 0 Å². The van der Waals surface area contributed by atoms with E-state index in [1.54, 1.807) is 0 Å². The SMILES string of the molecule is C#CC#CC#CC#CC#CC(=O)OC[C@@H](COP(=O)([O-])[O-])OC(=O)CCCCCCCCCCCCC.[Na+].[Na+]. The number of esters is 2. The normalized spacial score (nSPS) is 9.90. The first-order valence-electron chi connectivity index (χ1n) is 12.3. The molecule has 0 aliphatic rings. The van der Waals surface area contributed by atoms with Crippen LogP contribution in [0.15, 0.2) is 0 Å². The van der Waals surface area contributed by atoms with E-state index in [-0.39, 0.29) is 65.5 Å². The Labute approximate surface area is 277 Å². The van der Waals surface area contributed by atoms with Crippen LogP contribution in [0.25, 0.3) is 0 Å². The number of carbonyl (C=O) groups excluding carboxylic acids is 2. The van der Waals surface area contributed by atoms with Crippen LogP contribution in [0.5, 0.6) is 0 Å². The van der Waals surface area contributed by atoms with Crippen molar-refractivity contribution in [2.24, 2.45) is 0 Å². The topological polar surface area (TPSA) is 125 Å². The molecule has 0 heterocycles. The Kier molecular flexibility index (Phi) is 32.4. The summed E-state index contributed by atoms with van der Waals surface area (Å²) in [4.78, 5) is 45.3. The van der Waals surface area contributed by atoms with Crippen molar-refractivity contribution in [3.8, 4) is 59.7 Å². The number of hydrogen-bond donors (Lipinski definition) is 0. The monoisotopic (exact) mass is 574 g/mol. The molecule has 0 rings (SSSR count). The maximum absolute atomic E-state index is 12.1. The van der Waals surface area contributed by atoms with Crippen LogP contribution in [0.3, 0.4) is 0 Å². The largest absolute Gasteiger partial charge is 1.00 e. The van der Waals surface area contributed by atoms with Crippen LogP contribution in [0.4, 0.5) is 0 Å². The third kappa shape index (κ3) is 33.0. The predicted octanol–water partition coefficient (Wildman–Crippen LogP) is -3.36. The second kappa shape index (κ2) is 29.8. The summed E-state index contributed by atoms with van der Waals surface area (Å²) in [6, 6.07) is 0. The van der Waals surface area contributed by atoms with E-state index in [1.807, 2.05) is 0 Å². The molecule has 0 bridgehead atoms. The van der Waals surface area contributed by atoms with Gasteiger partial charge in [-0.2, -0.15) is 0 Å². The van der Waals surface area contributed by atoms with Gasteiger partial charge in [-0.15, -0.1) is 6.42 Å². The molecule has 0 aromatic carbocycles. The van der Waals surface area contributed by atoms with Crippen molar-refractivity contribution in [2.75, 3.05) is 13.2 Å². The van der Waals surface area contributed by atoms with Gasteiger partial charge in [0.25, 0.3) is 0 Å². The number of ether oxygens (including phenoxy) is 2. The van der Waals surface area contributed by atoms with Crippen molar-refractivity contribution in [1.82, 2.24) is 0 Å². The minimum Gasteiger partial charge on any atom is -0.790 e. The van der Waals surface area contributed by atoms with Crippen LogP contribution in [0.1, 0.15) is 84.0 Å². The van der Waals surface area contributed by atoms with Gasteiger partial charge < -0.3 is 28.3 Å². The van der Waals surface area contributed by atoms with Gasteiger partial charge in [0.05, 0.1) is 14.4 Å². The average molecular weight is 575 g/mol. The zero-order valence-electron chi connectivity index (χ0n) is 23.3. The Hall–Kier alpha value is -1.15. The molecule has 0 N–H and O–H groups in total. The van der Waals surface area contributed by atoms with Gasteiger partial charge in [-0.1, -0.05) is 71.1 Å². The number of unbranched alkanes of at least 4 members (excludes halogenated alkanes) is 10. The van der Waals surface area contributed by atoms with Crippen molar-refractivity contribution in [3.63, 3.8) is 0 Å². The van der Waals surface area contributed by atoms with Crippen LogP contribution in [-0.2, 0) is 28.2 Å². The maximum atomic E-state index is 12.1. The molecule has 0 saturated heterocycles. The van der Waals surface area contributed by atoms with Crippen molar-refractivity contribution in [1.29, 1.82) is 0 Å². The van der Waals surface area contributed by atoms with E-state index in [0.717, 1.165) is 19.3 Å². The quantitative estimate of drug-likeness (QED) is 0.0416. The summed E-state index contributed by atoms with van der Waals surface area (Å²) in [5.74, 6) is 18.6. The Morgan fingerprint density at radius 2 is 1.26 bits per heavy atom. The van der Waals surface area contributed by atoms with E-state index in [2.05, 4.69) is 64.7 Å². The van der Waals surface area contributed by atoms with Gasteiger partial charge in [0, 0.05) is 12.3 Å².